The standard InChI is InChI=1S/C36H43NO6/c38-22-32(39)26-41-25-31-9-4-8-29-11-10-28(20-35(29)31)24-43-36-21-37-17-16-34(36)30-12-14-33(15-13-30)42-19-5-18-40-23-27-6-2-1-3-7-27/h1-4,6-15,20,32,34,36-39H,5,16-19,21-26H2. The lowest BCUT2D eigenvalue weighted by Crippen LogP contribution is -2.40. The summed E-state index contributed by atoms with van der Waals surface area (Å²) in [5, 5.41) is 24.4. The van der Waals surface area contributed by atoms with Crippen LogP contribution in [0.15, 0.2) is 91.0 Å². The summed E-state index contributed by atoms with van der Waals surface area (Å²) in [5.41, 5.74) is 4.61. The summed E-state index contributed by atoms with van der Waals surface area (Å²) >= 11 is 0. The molecule has 1 heterocycles. The molecule has 4 aromatic carbocycles. The number of nitrogens with one attached hydrogen (secondary N) is 1. The van der Waals surface area contributed by atoms with Gasteiger partial charge in [0.25, 0.3) is 0 Å². The molecule has 228 valence electrons. The number of fused-ring (bicyclic) bond motifs is 1. The van der Waals surface area contributed by atoms with Crippen molar-refractivity contribution in [3.63, 3.8) is 0 Å². The van der Waals surface area contributed by atoms with Gasteiger partial charge in [-0.1, -0.05) is 72.8 Å². The number of aliphatic hydroxyl groups is 2. The van der Waals surface area contributed by atoms with Crippen molar-refractivity contribution in [2.75, 3.05) is 39.5 Å². The summed E-state index contributed by atoms with van der Waals surface area (Å²) in [5.74, 6) is 1.18. The minimum Gasteiger partial charge on any atom is -0.494 e. The highest BCUT2D eigenvalue weighted by Crippen LogP contribution is 2.30. The Kier molecular flexibility index (Phi) is 12.0. The Balaban J connectivity index is 1.11. The van der Waals surface area contributed by atoms with Crippen molar-refractivity contribution in [1.82, 2.24) is 5.32 Å². The van der Waals surface area contributed by atoms with Gasteiger partial charge in [-0.25, -0.2) is 0 Å². The first-order chi connectivity index (χ1) is 21.2. The summed E-state index contributed by atoms with van der Waals surface area (Å²) < 4.78 is 23.9. The van der Waals surface area contributed by atoms with Crippen molar-refractivity contribution in [2.45, 2.75) is 50.8 Å². The molecule has 0 bridgehead atoms. The van der Waals surface area contributed by atoms with E-state index in [4.69, 9.17) is 24.1 Å². The van der Waals surface area contributed by atoms with Crippen LogP contribution in [0.5, 0.6) is 5.75 Å². The van der Waals surface area contributed by atoms with Crippen molar-refractivity contribution in [3.8, 4) is 5.75 Å². The molecule has 3 atom stereocenters. The van der Waals surface area contributed by atoms with E-state index in [9.17, 15) is 5.11 Å². The number of aliphatic hydroxyl groups excluding tert-OH is 2. The van der Waals surface area contributed by atoms with Crippen LogP contribution >= 0.6 is 0 Å². The minimum absolute atomic E-state index is 0.0662. The van der Waals surface area contributed by atoms with Crippen LogP contribution in [0, 0.1) is 0 Å². The normalized spacial score (nSPS) is 17.6. The maximum atomic E-state index is 9.59. The van der Waals surface area contributed by atoms with Gasteiger partial charge >= 0.3 is 0 Å². The van der Waals surface area contributed by atoms with E-state index >= 15 is 0 Å². The molecule has 0 spiro atoms. The Hall–Kier alpha value is -3.30. The first-order valence-corrected chi connectivity index (χ1v) is 15.2. The van der Waals surface area contributed by atoms with Gasteiger partial charge in [0.2, 0.25) is 0 Å². The molecule has 43 heavy (non-hydrogen) atoms. The van der Waals surface area contributed by atoms with Crippen LogP contribution in [-0.2, 0) is 34.0 Å². The predicted molar refractivity (Wildman–Crippen MR) is 168 cm³/mol. The summed E-state index contributed by atoms with van der Waals surface area (Å²) in [7, 11) is 0. The zero-order valence-electron chi connectivity index (χ0n) is 24.7. The molecule has 4 aromatic rings. The Labute approximate surface area is 254 Å². The van der Waals surface area contributed by atoms with Crippen LogP contribution in [0.4, 0.5) is 0 Å². The third-order valence-electron chi connectivity index (χ3n) is 7.83. The number of benzene rings is 4. The molecule has 3 unspecified atom stereocenters. The van der Waals surface area contributed by atoms with Gasteiger partial charge in [0.05, 0.1) is 52.4 Å². The summed E-state index contributed by atoms with van der Waals surface area (Å²) in [6.45, 7) is 4.38. The van der Waals surface area contributed by atoms with Crippen LogP contribution in [0.1, 0.15) is 41.0 Å². The van der Waals surface area contributed by atoms with Gasteiger partial charge in [-0.2, -0.15) is 0 Å². The topological polar surface area (TPSA) is 89.4 Å². The van der Waals surface area contributed by atoms with E-state index in [1.54, 1.807) is 0 Å². The molecule has 1 fully saturated rings. The van der Waals surface area contributed by atoms with E-state index < -0.39 is 6.10 Å². The summed E-state index contributed by atoms with van der Waals surface area (Å²) in [6.07, 6.45) is 1.06. The highest BCUT2D eigenvalue weighted by molar-refractivity contribution is 5.86. The maximum Gasteiger partial charge on any atom is 0.119 e. The van der Waals surface area contributed by atoms with E-state index in [1.165, 1.54) is 11.1 Å². The molecule has 0 radical (unpaired) electrons. The first-order valence-electron chi connectivity index (χ1n) is 15.2. The number of ether oxygens (including phenoxy) is 4. The largest absolute Gasteiger partial charge is 0.494 e. The predicted octanol–water partition coefficient (Wildman–Crippen LogP) is 5.36. The monoisotopic (exact) mass is 585 g/mol. The SMILES string of the molecule is OCC(O)COCc1cccc2ccc(COC3CNCCC3c3ccc(OCCCOCc4ccccc4)cc3)cc12. The van der Waals surface area contributed by atoms with Gasteiger partial charge in [-0.15, -0.1) is 0 Å². The van der Waals surface area contributed by atoms with Crippen LogP contribution in [-0.4, -0.2) is 61.9 Å². The molecule has 0 amide bonds. The Bertz CT molecular complexity index is 1380. The molecule has 3 N–H and O–H groups in total. The zero-order valence-corrected chi connectivity index (χ0v) is 24.7. The van der Waals surface area contributed by atoms with Crippen LogP contribution < -0.4 is 10.1 Å². The number of rotatable bonds is 16. The lowest BCUT2D eigenvalue weighted by molar-refractivity contribution is 0.000299. The van der Waals surface area contributed by atoms with E-state index in [2.05, 4.69) is 66.0 Å². The van der Waals surface area contributed by atoms with Crippen LogP contribution in [0.3, 0.4) is 0 Å². The fourth-order valence-electron chi connectivity index (χ4n) is 5.47. The van der Waals surface area contributed by atoms with Gasteiger partial charge in [-0.3, -0.25) is 0 Å². The average molecular weight is 586 g/mol. The van der Waals surface area contributed by atoms with Crippen LogP contribution in [0.2, 0.25) is 0 Å². The van der Waals surface area contributed by atoms with Crippen molar-refractivity contribution >= 4 is 10.8 Å². The van der Waals surface area contributed by atoms with E-state index in [-0.39, 0.29) is 19.3 Å². The Morgan fingerprint density at radius 3 is 2.51 bits per heavy atom. The maximum absolute atomic E-state index is 9.59. The fourth-order valence-corrected chi connectivity index (χ4v) is 5.47. The highest BCUT2D eigenvalue weighted by atomic mass is 16.5. The lowest BCUT2D eigenvalue weighted by atomic mass is 9.87. The molecular weight excluding hydrogens is 542 g/mol. The molecule has 0 aromatic heterocycles. The molecule has 1 aliphatic heterocycles. The second-order valence-corrected chi connectivity index (χ2v) is 11.1. The molecule has 0 aliphatic carbocycles. The third kappa shape index (κ3) is 9.34. The van der Waals surface area contributed by atoms with E-state index in [1.807, 2.05) is 30.3 Å². The van der Waals surface area contributed by atoms with E-state index in [0.29, 0.717) is 39.0 Å². The molecule has 0 saturated carbocycles. The smallest absolute Gasteiger partial charge is 0.119 e. The number of hydrogen-bond donors (Lipinski definition) is 3. The van der Waals surface area contributed by atoms with Gasteiger partial charge in [-0.05, 0) is 64.2 Å². The second kappa shape index (κ2) is 16.5. The summed E-state index contributed by atoms with van der Waals surface area (Å²) in [4.78, 5) is 0. The number of piperidine rings is 1. The van der Waals surface area contributed by atoms with Crippen LogP contribution in [0.25, 0.3) is 10.8 Å². The molecule has 7 nitrogen and oxygen atoms in total. The zero-order chi connectivity index (χ0) is 29.7. The van der Waals surface area contributed by atoms with Crippen molar-refractivity contribution < 1.29 is 29.2 Å². The second-order valence-electron chi connectivity index (χ2n) is 11.1. The fraction of sp³-hybridized carbons (Fsp3) is 0.389. The van der Waals surface area contributed by atoms with Gasteiger partial charge in [0.1, 0.15) is 11.9 Å². The Morgan fingerprint density at radius 1 is 0.814 bits per heavy atom. The minimum atomic E-state index is -0.866. The number of hydrogen-bond acceptors (Lipinski definition) is 7. The Morgan fingerprint density at radius 2 is 1.67 bits per heavy atom. The molecule has 1 aliphatic rings. The van der Waals surface area contributed by atoms with E-state index in [0.717, 1.165) is 53.6 Å². The average Bonchev–Trinajstić information content (AvgIpc) is 3.06. The van der Waals surface area contributed by atoms with Gasteiger partial charge in [0, 0.05) is 18.9 Å². The van der Waals surface area contributed by atoms with Gasteiger partial charge < -0.3 is 34.5 Å². The highest BCUT2D eigenvalue weighted by Gasteiger charge is 2.27. The quantitative estimate of drug-likeness (QED) is 0.153. The molecule has 5 rings (SSSR count). The van der Waals surface area contributed by atoms with Gasteiger partial charge in [0.15, 0.2) is 0 Å². The van der Waals surface area contributed by atoms with Crippen molar-refractivity contribution in [1.29, 1.82) is 0 Å². The molecule has 7 heteroatoms. The van der Waals surface area contributed by atoms with Crippen molar-refractivity contribution in [2.24, 2.45) is 0 Å². The lowest BCUT2D eigenvalue weighted by Gasteiger charge is -2.32. The van der Waals surface area contributed by atoms with Crippen molar-refractivity contribution in [3.05, 3.63) is 113 Å². The molecule has 1 saturated heterocycles. The summed E-state index contributed by atoms with van der Waals surface area (Å²) in [6, 6.07) is 31.2. The third-order valence-corrected chi connectivity index (χ3v) is 7.83. The first kappa shape index (κ1) is 31.1. The molecular formula is C36H43NO6.